The van der Waals surface area contributed by atoms with Gasteiger partial charge in [-0.05, 0) is 42.9 Å². The van der Waals surface area contributed by atoms with E-state index in [1.807, 2.05) is 36.4 Å². The van der Waals surface area contributed by atoms with Crippen LogP contribution in [0, 0.1) is 11.3 Å². The monoisotopic (exact) mass is 297 g/mol. The van der Waals surface area contributed by atoms with Crippen molar-refractivity contribution >= 4 is 0 Å². The summed E-state index contributed by atoms with van der Waals surface area (Å²) in [6.07, 6.45) is 1.73. The van der Waals surface area contributed by atoms with Gasteiger partial charge in [0.2, 0.25) is 0 Å². The summed E-state index contributed by atoms with van der Waals surface area (Å²) in [5.74, 6) is 0.996. The van der Waals surface area contributed by atoms with Gasteiger partial charge in [-0.1, -0.05) is 26.0 Å². The summed E-state index contributed by atoms with van der Waals surface area (Å²) < 4.78 is 5.60. The molecule has 4 nitrogen and oxygen atoms in total. The molecule has 0 aliphatic carbocycles. The zero-order valence-electron chi connectivity index (χ0n) is 13.2. The van der Waals surface area contributed by atoms with E-state index >= 15 is 0 Å². The van der Waals surface area contributed by atoms with Crippen LogP contribution in [0.3, 0.4) is 0 Å². The second-order valence-corrected chi connectivity index (χ2v) is 5.19. The minimum Gasteiger partial charge on any atom is -0.468 e. The highest BCUT2D eigenvalue weighted by molar-refractivity contribution is 5.31. The highest BCUT2D eigenvalue weighted by atomic mass is 16.3. The fraction of sp³-hybridized carbons (Fsp3) is 0.389. The number of benzene rings is 1. The predicted octanol–water partition coefficient (Wildman–Crippen LogP) is 3.32. The molecule has 2 aromatic rings. The Morgan fingerprint density at radius 1 is 1.18 bits per heavy atom. The standard InChI is InChI=1S/C18H23N3O/c1-3-21(4-2)17(18-6-5-11-22-18)14-20-13-16-9-7-15(12-19)8-10-16/h5-11,17,20H,3-4,13-14H2,1-2H3. The molecule has 2 rings (SSSR count). The fourth-order valence-electron chi connectivity index (χ4n) is 2.61. The molecule has 116 valence electrons. The number of hydrogen-bond donors (Lipinski definition) is 1. The van der Waals surface area contributed by atoms with Crippen molar-refractivity contribution < 1.29 is 4.42 Å². The van der Waals surface area contributed by atoms with Crippen molar-refractivity contribution in [2.75, 3.05) is 19.6 Å². The minimum absolute atomic E-state index is 0.239. The summed E-state index contributed by atoms with van der Waals surface area (Å²) in [7, 11) is 0. The molecule has 0 aliphatic rings. The van der Waals surface area contributed by atoms with Crippen LogP contribution in [0.15, 0.2) is 47.1 Å². The number of likely N-dealkylation sites (N-methyl/N-ethyl adjacent to an activating group) is 1. The van der Waals surface area contributed by atoms with E-state index in [1.165, 1.54) is 5.56 Å². The molecule has 1 atom stereocenters. The van der Waals surface area contributed by atoms with Gasteiger partial charge in [0.25, 0.3) is 0 Å². The van der Waals surface area contributed by atoms with Crippen molar-refractivity contribution in [2.45, 2.75) is 26.4 Å². The fourth-order valence-corrected chi connectivity index (χ4v) is 2.61. The molecule has 22 heavy (non-hydrogen) atoms. The smallest absolute Gasteiger partial charge is 0.122 e. The highest BCUT2D eigenvalue weighted by Gasteiger charge is 2.19. The lowest BCUT2D eigenvalue weighted by Crippen LogP contribution is -2.35. The number of furan rings is 1. The zero-order chi connectivity index (χ0) is 15.8. The molecular formula is C18H23N3O. The van der Waals surface area contributed by atoms with E-state index < -0.39 is 0 Å². The highest BCUT2D eigenvalue weighted by Crippen LogP contribution is 2.20. The number of nitriles is 1. The third-order valence-electron chi connectivity index (χ3n) is 3.87. The van der Waals surface area contributed by atoms with Crippen LogP contribution in [0.2, 0.25) is 0 Å². The van der Waals surface area contributed by atoms with Crippen LogP contribution >= 0.6 is 0 Å². The van der Waals surface area contributed by atoms with Gasteiger partial charge in [-0.25, -0.2) is 0 Å². The largest absolute Gasteiger partial charge is 0.468 e. The summed E-state index contributed by atoms with van der Waals surface area (Å²) in [6.45, 7) is 7.92. The van der Waals surface area contributed by atoms with E-state index in [9.17, 15) is 0 Å². The van der Waals surface area contributed by atoms with Gasteiger partial charge < -0.3 is 9.73 Å². The van der Waals surface area contributed by atoms with Crippen LogP contribution < -0.4 is 5.32 Å². The number of rotatable bonds is 8. The van der Waals surface area contributed by atoms with E-state index in [4.69, 9.17) is 9.68 Å². The Labute approximate surface area is 132 Å². The first-order chi connectivity index (χ1) is 10.8. The van der Waals surface area contributed by atoms with Crippen LogP contribution in [0.5, 0.6) is 0 Å². The van der Waals surface area contributed by atoms with Gasteiger partial charge >= 0.3 is 0 Å². The maximum atomic E-state index is 8.82. The van der Waals surface area contributed by atoms with Gasteiger partial charge in [0.1, 0.15) is 5.76 Å². The lowest BCUT2D eigenvalue weighted by atomic mass is 10.1. The Bertz CT molecular complexity index is 580. The molecule has 0 bridgehead atoms. The molecule has 1 N–H and O–H groups in total. The van der Waals surface area contributed by atoms with Crippen molar-refractivity contribution in [3.8, 4) is 6.07 Å². The van der Waals surface area contributed by atoms with Gasteiger partial charge in [-0.3, -0.25) is 4.90 Å². The average Bonchev–Trinajstić information content (AvgIpc) is 3.09. The number of hydrogen-bond acceptors (Lipinski definition) is 4. The molecule has 0 saturated carbocycles. The summed E-state index contributed by atoms with van der Waals surface area (Å²) in [4.78, 5) is 2.38. The van der Waals surface area contributed by atoms with Crippen molar-refractivity contribution in [3.63, 3.8) is 0 Å². The van der Waals surface area contributed by atoms with Crippen LogP contribution in [0.25, 0.3) is 0 Å². The van der Waals surface area contributed by atoms with Crippen molar-refractivity contribution in [3.05, 3.63) is 59.5 Å². The van der Waals surface area contributed by atoms with Gasteiger partial charge in [0.05, 0.1) is 23.9 Å². The summed E-state index contributed by atoms with van der Waals surface area (Å²) in [5.41, 5.74) is 1.87. The quantitative estimate of drug-likeness (QED) is 0.812. The lowest BCUT2D eigenvalue weighted by Gasteiger charge is -2.28. The van der Waals surface area contributed by atoms with E-state index in [2.05, 4.69) is 30.1 Å². The molecule has 1 heterocycles. The molecule has 0 fully saturated rings. The summed E-state index contributed by atoms with van der Waals surface area (Å²) in [6, 6.07) is 14.0. The maximum absolute atomic E-state index is 8.82. The molecular weight excluding hydrogens is 274 g/mol. The van der Waals surface area contributed by atoms with Gasteiger partial charge in [0, 0.05) is 13.1 Å². The third kappa shape index (κ3) is 4.20. The SMILES string of the molecule is CCN(CC)C(CNCc1ccc(C#N)cc1)c1ccco1. The molecule has 4 heteroatoms. The van der Waals surface area contributed by atoms with Gasteiger partial charge in [-0.2, -0.15) is 5.26 Å². The third-order valence-corrected chi connectivity index (χ3v) is 3.87. The molecule has 0 spiro atoms. The first-order valence-corrected chi connectivity index (χ1v) is 7.75. The average molecular weight is 297 g/mol. The van der Waals surface area contributed by atoms with Crippen LogP contribution in [-0.4, -0.2) is 24.5 Å². The molecule has 0 aliphatic heterocycles. The topological polar surface area (TPSA) is 52.2 Å². The molecule has 1 aromatic heterocycles. The summed E-state index contributed by atoms with van der Waals surface area (Å²) >= 11 is 0. The minimum atomic E-state index is 0.239. The molecule has 0 radical (unpaired) electrons. The van der Waals surface area contributed by atoms with Crippen molar-refractivity contribution in [1.82, 2.24) is 10.2 Å². The Balaban J connectivity index is 1.95. The second kappa shape index (κ2) is 8.38. The normalized spacial score (nSPS) is 12.3. The van der Waals surface area contributed by atoms with Crippen LogP contribution in [-0.2, 0) is 6.54 Å². The molecule has 1 unspecified atom stereocenters. The van der Waals surface area contributed by atoms with Crippen molar-refractivity contribution in [1.29, 1.82) is 5.26 Å². The zero-order valence-corrected chi connectivity index (χ0v) is 13.2. The van der Waals surface area contributed by atoms with E-state index in [1.54, 1.807) is 6.26 Å². The van der Waals surface area contributed by atoms with E-state index in [0.29, 0.717) is 5.56 Å². The maximum Gasteiger partial charge on any atom is 0.122 e. The van der Waals surface area contributed by atoms with Crippen molar-refractivity contribution in [2.24, 2.45) is 0 Å². The number of nitrogens with zero attached hydrogens (tertiary/aromatic N) is 2. The lowest BCUT2D eigenvalue weighted by molar-refractivity contribution is 0.188. The molecule has 1 aromatic carbocycles. The first-order valence-electron chi connectivity index (χ1n) is 7.75. The van der Waals surface area contributed by atoms with E-state index in [-0.39, 0.29) is 6.04 Å². The van der Waals surface area contributed by atoms with Crippen LogP contribution in [0.4, 0.5) is 0 Å². The van der Waals surface area contributed by atoms with Gasteiger partial charge in [0.15, 0.2) is 0 Å². The first kappa shape index (κ1) is 16.3. The predicted molar refractivity (Wildman–Crippen MR) is 87.2 cm³/mol. The van der Waals surface area contributed by atoms with Crippen LogP contribution in [0.1, 0.15) is 36.8 Å². The summed E-state index contributed by atoms with van der Waals surface area (Å²) in [5, 5.41) is 12.3. The second-order valence-electron chi connectivity index (χ2n) is 5.19. The Hall–Kier alpha value is -2.09. The van der Waals surface area contributed by atoms with E-state index in [0.717, 1.165) is 31.9 Å². The van der Waals surface area contributed by atoms with Gasteiger partial charge in [-0.15, -0.1) is 0 Å². The Kier molecular flexibility index (Phi) is 6.20. The number of nitrogens with one attached hydrogen (secondary N) is 1. The Morgan fingerprint density at radius 2 is 1.91 bits per heavy atom. The Morgan fingerprint density at radius 3 is 2.45 bits per heavy atom. The molecule has 0 amide bonds. The molecule has 0 saturated heterocycles.